The Morgan fingerprint density at radius 3 is 2.72 bits per heavy atom. The number of aliphatic imine (C=N–C) groups is 2. The minimum absolute atomic E-state index is 0.315. The summed E-state index contributed by atoms with van der Waals surface area (Å²) in [7, 11) is 2.17. The summed E-state index contributed by atoms with van der Waals surface area (Å²) in [5.41, 5.74) is 15.2. The Balaban J connectivity index is 1.36. The molecule has 192 valence electrons. The second-order valence-electron chi connectivity index (χ2n) is 9.49. The van der Waals surface area contributed by atoms with Crippen molar-refractivity contribution in [1.29, 1.82) is 5.41 Å². The van der Waals surface area contributed by atoms with Crippen molar-refractivity contribution >= 4 is 50.6 Å². The summed E-state index contributed by atoms with van der Waals surface area (Å²) in [6.45, 7) is 6.35. The van der Waals surface area contributed by atoms with Gasteiger partial charge in [0.1, 0.15) is 0 Å². The zero-order chi connectivity index (χ0) is 25.3. The molecule has 0 unspecified atom stereocenters. The Kier molecular flexibility index (Phi) is 9.43. The van der Waals surface area contributed by atoms with Crippen LogP contribution in [0.25, 0.3) is 16.6 Å². The van der Waals surface area contributed by atoms with E-state index < -0.39 is 0 Å². The van der Waals surface area contributed by atoms with Gasteiger partial charge in [-0.15, -0.1) is 0 Å². The maximum Gasteiger partial charge on any atom is 0.166 e. The number of allylic oxidation sites excluding steroid dienone is 1. The van der Waals surface area contributed by atoms with Gasteiger partial charge in [-0.1, -0.05) is 12.8 Å². The third kappa shape index (κ3) is 7.35. The lowest BCUT2D eigenvalue weighted by Crippen LogP contribution is -2.44. The molecule has 2 aromatic heterocycles. The Morgan fingerprint density at radius 1 is 1.19 bits per heavy atom. The second-order valence-corrected chi connectivity index (χ2v) is 10.5. The third-order valence-corrected chi connectivity index (χ3v) is 7.64. The van der Waals surface area contributed by atoms with Crippen LogP contribution in [0.15, 0.2) is 40.6 Å². The highest BCUT2D eigenvalue weighted by Crippen LogP contribution is 2.30. The highest BCUT2D eigenvalue weighted by atomic mass is 32.2. The van der Waals surface area contributed by atoms with Crippen LogP contribution in [-0.4, -0.2) is 82.5 Å². The van der Waals surface area contributed by atoms with Gasteiger partial charge in [0.15, 0.2) is 11.0 Å². The van der Waals surface area contributed by atoms with Crippen LogP contribution in [0.2, 0.25) is 0 Å². The lowest BCUT2D eigenvalue weighted by molar-refractivity contribution is 0.153. The van der Waals surface area contributed by atoms with E-state index in [1.165, 1.54) is 24.6 Å². The molecule has 10 heteroatoms. The number of fused-ring (bicyclic) bond motifs is 1. The van der Waals surface area contributed by atoms with E-state index >= 15 is 0 Å². The highest BCUT2D eigenvalue weighted by Gasteiger charge is 2.21. The second kappa shape index (κ2) is 12.9. The van der Waals surface area contributed by atoms with Gasteiger partial charge in [0.05, 0.1) is 16.1 Å². The van der Waals surface area contributed by atoms with Crippen molar-refractivity contribution in [2.75, 3.05) is 46.3 Å². The van der Waals surface area contributed by atoms with E-state index in [0.29, 0.717) is 27.5 Å². The first-order chi connectivity index (χ1) is 17.5. The molecule has 3 heterocycles. The zero-order valence-corrected chi connectivity index (χ0v) is 21.9. The van der Waals surface area contributed by atoms with Crippen LogP contribution in [0.1, 0.15) is 37.7 Å². The molecule has 0 atom stereocenters. The summed E-state index contributed by atoms with van der Waals surface area (Å²) in [5, 5.41) is 9.23. The number of nitrogens with zero attached hydrogens (tertiary/aromatic N) is 6. The van der Waals surface area contributed by atoms with Crippen molar-refractivity contribution in [3.8, 4) is 0 Å². The molecular formula is C26H37N9S. The van der Waals surface area contributed by atoms with E-state index in [9.17, 15) is 0 Å². The fourth-order valence-electron chi connectivity index (χ4n) is 4.57. The first kappa shape index (κ1) is 26.2. The summed E-state index contributed by atoms with van der Waals surface area (Å²) < 4.78 is 0. The van der Waals surface area contributed by atoms with Crippen LogP contribution in [0.5, 0.6) is 0 Å². The number of piperazine rings is 1. The number of hydrogen-bond acceptors (Lipinski definition) is 9. The van der Waals surface area contributed by atoms with E-state index in [4.69, 9.17) is 16.9 Å². The van der Waals surface area contributed by atoms with Gasteiger partial charge in [-0.05, 0) is 62.8 Å². The molecule has 0 aromatic carbocycles. The quantitative estimate of drug-likeness (QED) is 0.283. The van der Waals surface area contributed by atoms with Gasteiger partial charge in [-0.2, -0.15) is 0 Å². The molecule has 0 radical (unpaired) electrons. The van der Waals surface area contributed by atoms with E-state index in [1.54, 1.807) is 18.5 Å². The molecule has 1 aliphatic carbocycles. The Labute approximate surface area is 217 Å². The van der Waals surface area contributed by atoms with Gasteiger partial charge in [0.25, 0.3) is 0 Å². The molecule has 9 nitrogen and oxygen atoms in total. The first-order valence-corrected chi connectivity index (χ1v) is 13.5. The van der Waals surface area contributed by atoms with Gasteiger partial charge in [-0.3, -0.25) is 15.4 Å². The average Bonchev–Trinajstić information content (AvgIpc) is 3.42. The van der Waals surface area contributed by atoms with E-state index in [-0.39, 0.29) is 0 Å². The molecule has 1 aliphatic heterocycles. The van der Waals surface area contributed by atoms with Crippen LogP contribution >= 0.6 is 11.8 Å². The number of rotatable bonds is 8. The van der Waals surface area contributed by atoms with Crippen molar-refractivity contribution in [2.24, 2.45) is 27.4 Å². The Morgan fingerprint density at radius 2 is 1.97 bits per heavy atom. The summed E-state index contributed by atoms with van der Waals surface area (Å²) >= 11 is 1.24. The fraction of sp³-hybridized carbons (Fsp3) is 0.500. The standard InChI is InChI=1S/C26H37N9S/c1-34-11-13-35(14-12-34)10-4-9-30-17-21(16-27)20-15-23-22(31-18-20)7-8-24(32-23)33-26(29)36-25(28)19-5-2-3-6-19/h7-8,15-19,28H,2-6,9-14,27H2,1H3,(H2,29,32,33). The molecule has 0 spiro atoms. The maximum atomic E-state index is 8.29. The smallest absolute Gasteiger partial charge is 0.166 e. The van der Waals surface area contributed by atoms with Gasteiger partial charge >= 0.3 is 0 Å². The van der Waals surface area contributed by atoms with Gasteiger partial charge in [-0.25, -0.2) is 9.98 Å². The van der Waals surface area contributed by atoms with Crippen molar-refractivity contribution in [3.63, 3.8) is 0 Å². The monoisotopic (exact) mass is 507 g/mol. The van der Waals surface area contributed by atoms with Crippen molar-refractivity contribution < 1.29 is 0 Å². The van der Waals surface area contributed by atoms with Crippen LogP contribution in [0.3, 0.4) is 0 Å². The minimum atomic E-state index is 0.315. The summed E-state index contributed by atoms with van der Waals surface area (Å²) in [6, 6.07) is 5.62. The molecule has 0 bridgehead atoms. The SMILES string of the molecule is CN1CCN(CCCN=CC(=CN)c2cnc3ccc(N=C(N)SC(=N)C4CCCC4)nc3c2)CC1. The van der Waals surface area contributed by atoms with Gasteiger partial charge in [0.2, 0.25) is 0 Å². The molecule has 1 saturated heterocycles. The Hall–Kier alpha value is -2.82. The summed E-state index contributed by atoms with van der Waals surface area (Å²) in [4.78, 5) is 23.1. The predicted molar refractivity (Wildman–Crippen MR) is 152 cm³/mol. The van der Waals surface area contributed by atoms with Crippen LogP contribution in [0, 0.1) is 11.3 Å². The lowest BCUT2D eigenvalue weighted by atomic mass is 10.1. The van der Waals surface area contributed by atoms with E-state index in [0.717, 1.165) is 75.2 Å². The number of nitrogens with one attached hydrogen (secondary N) is 1. The number of pyridine rings is 2. The number of aromatic nitrogens is 2. The first-order valence-electron chi connectivity index (χ1n) is 12.7. The van der Waals surface area contributed by atoms with Crippen LogP contribution in [0.4, 0.5) is 5.82 Å². The lowest BCUT2D eigenvalue weighted by Gasteiger charge is -2.32. The van der Waals surface area contributed by atoms with Crippen LogP contribution in [-0.2, 0) is 0 Å². The number of amidine groups is 1. The number of likely N-dealkylation sites (N-methyl/N-ethyl adjacent to an activating group) is 1. The number of hydrogen-bond donors (Lipinski definition) is 3. The molecule has 0 amide bonds. The largest absolute Gasteiger partial charge is 0.404 e. The maximum absolute atomic E-state index is 8.29. The Bertz CT molecular complexity index is 1130. The van der Waals surface area contributed by atoms with Crippen LogP contribution < -0.4 is 11.5 Å². The van der Waals surface area contributed by atoms with Crippen molar-refractivity contribution in [1.82, 2.24) is 19.8 Å². The van der Waals surface area contributed by atoms with Crippen molar-refractivity contribution in [3.05, 3.63) is 36.2 Å². The summed E-state index contributed by atoms with van der Waals surface area (Å²) in [5.74, 6) is 0.816. The fourth-order valence-corrected chi connectivity index (χ4v) is 5.34. The molecule has 2 aliphatic rings. The van der Waals surface area contributed by atoms with E-state index in [2.05, 4.69) is 36.8 Å². The predicted octanol–water partition coefficient (Wildman–Crippen LogP) is 3.48. The van der Waals surface area contributed by atoms with Gasteiger partial charge in [0, 0.05) is 68.4 Å². The highest BCUT2D eigenvalue weighted by molar-refractivity contribution is 8.26. The minimum Gasteiger partial charge on any atom is -0.404 e. The molecular weight excluding hydrogens is 470 g/mol. The summed E-state index contributed by atoms with van der Waals surface area (Å²) in [6.07, 6.45) is 10.7. The molecule has 4 rings (SSSR count). The normalized spacial score (nSPS) is 19.0. The average molecular weight is 508 g/mol. The molecule has 2 fully saturated rings. The molecule has 36 heavy (non-hydrogen) atoms. The number of thioether (sulfide) groups is 1. The van der Waals surface area contributed by atoms with Crippen molar-refractivity contribution in [2.45, 2.75) is 32.1 Å². The number of nitrogens with two attached hydrogens (primary N) is 2. The third-order valence-electron chi connectivity index (χ3n) is 6.79. The molecule has 1 saturated carbocycles. The van der Waals surface area contributed by atoms with Gasteiger partial charge < -0.3 is 21.3 Å². The molecule has 2 aromatic rings. The van der Waals surface area contributed by atoms with E-state index in [1.807, 2.05) is 18.3 Å². The topological polar surface area (TPSA) is 133 Å². The zero-order valence-electron chi connectivity index (χ0n) is 21.1. The molecule has 5 N–H and O–H groups in total.